The summed E-state index contributed by atoms with van der Waals surface area (Å²) in [6.07, 6.45) is 4.82. The molecule has 1 fully saturated rings. The Hall–Kier alpha value is -1.23. The van der Waals surface area contributed by atoms with E-state index in [2.05, 4.69) is 12.2 Å². The van der Waals surface area contributed by atoms with Gasteiger partial charge in [0.25, 0.3) is 5.91 Å². The third kappa shape index (κ3) is 3.38. The van der Waals surface area contributed by atoms with Crippen LogP contribution in [0, 0.1) is 5.92 Å². The summed E-state index contributed by atoms with van der Waals surface area (Å²) in [5.74, 6) is 0.537. The number of hydrogen-bond donors (Lipinski definition) is 2. The molecule has 1 aliphatic heterocycles. The van der Waals surface area contributed by atoms with E-state index >= 15 is 0 Å². The zero-order chi connectivity index (χ0) is 13.0. The fourth-order valence-corrected chi connectivity index (χ4v) is 2.30. The van der Waals surface area contributed by atoms with E-state index in [1.165, 1.54) is 6.26 Å². The summed E-state index contributed by atoms with van der Waals surface area (Å²) in [7, 11) is 0. The molecule has 18 heavy (non-hydrogen) atoms. The van der Waals surface area contributed by atoms with Crippen LogP contribution in [0.1, 0.15) is 32.6 Å². The molecule has 1 aliphatic carbocycles. The maximum Gasteiger partial charge on any atom is 0.289 e. The Morgan fingerprint density at radius 1 is 1.50 bits per heavy atom. The zero-order valence-corrected chi connectivity index (χ0v) is 10.8. The largest absolute Gasteiger partial charge is 0.494 e. The summed E-state index contributed by atoms with van der Waals surface area (Å²) in [5, 5.41) is 13.0. The Morgan fingerprint density at radius 2 is 2.22 bits per heavy atom. The van der Waals surface area contributed by atoms with E-state index in [4.69, 9.17) is 9.47 Å². The molecule has 0 unspecified atom stereocenters. The first-order chi connectivity index (χ1) is 8.59. The molecule has 1 saturated carbocycles. The van der Waals surface area contributed by atoms with Crippen LogP contribution in [0.4, 0.5) is 0 Å². The minimum atomic E-state index is -0.766. The van der Waals surface area contributed by atoms with Crippen LogP contribution < -0.4 is 5.32 Å². The lowest BCUT2D eigenvalue weighted by molar-refractivity contribution is -0.124. The highest BCUT2D eigenvalue weighted by molar-refractivity contribution is 5.91. The van der Waals surface area contributed by atoms with Crippen LogP contribution in [0.5, 0.6) is 0 Å². The van der Waals surface area contributed by atoms with Crippen LogP contribution >= 0.6 is 0 Å². The van der Waals surface area contributed by atoms with Crippen molar-refractivity contribution in [1.82, 2.24) is 5.32 Å². The van der Waals surface area contributed by atoms with Gasteiger partial charge < -0.3 is 19.9 Å². The second-order valence-electron chi connectivity index (χ2n) is 5.29. The maximum absolute atomic E-state index is 11.8. The minimum absolute atomic E-state index is 0.189. The number of carbonyl (C=O) groups excluding carboxylic acids is 1. The van der Waals surface area contributed by atoms with E-state index in [0.717, 1.165) is 25.7 Å². The Bertz CT molecular complexity index is 332. The van der Waals surface area contributed by atoms with Crippen LogP contribution in [-0.4, -0.2) is 36.4 Å². The van der Waals surface area contributed by atoms with E-state index in [1.54, 1.807) is 0 Å². The SMILES string of the molecule is CC1CCC(O)(CNC(=O)C2=COCCO2)CC1. The predicted octanol–water partition coefficient (Wildman–Crippen LogP) is 0.932. The molecule has 0 aromatic carbocycles. The average molecular weight is 255 g/mol. The van der Waals surface area contributed by atoms with Crippen LogP contribution in [0.25, 0.3) is 0 Å². The van der Waals surface area contributed by atoms with E-state index < -0.39 is 5.60 Å². The van der Waals surface area contributed by atoms with Crippen molar-refractivity contribution in [1.29, 1.82) is 0 Å². The van der Waals surface area contributed by atoms with E-state index in [9.17, 15) is 9.90 Å². The molecule has 0 spiro atoms. The number of hydrogen-bond acceptors (Lipinski definition) is 4. The Balaban J connectivity index is 1.80. The molecule has 1 amide bonds. The quantitative estimate of drug-likeness (QED) is 0.787. The molecule has 2 N–H and O–H groups in total. The van der Waals surface area contributed by atoms with Crippen molar-refractivity contribution < 1.29 is 19.4 Å². The van der Waals surface area contributed by atoms with Gasteiger partial charge in [0.1, 0.15) is 19.5 Å². The van der Waals surface area contributed by atoms with Gasteiger partial charge in [0.2, 0.25) is 5.76 Å². The Kier molecular flexibility index (Phi) is 4.11. The van der Waals surface area contributed by atoms with Crippen molar-refractivity contribution in [2.45, 2.75) is 38.2 Å². The second-order valence-corrected chi connectivity index (χ2v) is 5.29. The summed E-state index contributed by atoms with van der Waals surface area (Å²) in [4.78, 5) is 11.8. The summed E-state index contributed by atoms with van der Waals surface area (Å²) < 4.78 is 10.2. The minimum Gasteiger partial charge on any atom is -0.494 e. The number of rotatable bonds is 3. The molecule has 0 saturated heterocycles. The lowest BCUT2D eigenvalue weighted by atomic mass is 9.79. The maximum atomic E-state index is 11.8. The zero-order valence-electron chi connectivity index (χ0n) is 10.8. The summed E-state index contributed by atoms with van der Waals surface area (Å²) in [5.41, 5.74) is -0.766. The summed E-state index contributed by atoms with van der Waals surface area (Å²) >= 11 is 0. The molecule has 0 aromatic heterocycles. The van der Waals surface area contributed by atoms with Crippen molar-refractivity contribution >= 4 is 5.91 Å². The van der Waals surface area contributed by atoms with Crippen LogP contribution in [0.2, 0.25) is 0 Å². The van der Waals surface area contributed by atoms with Crippen molar-refractivity contribution in [2.75, 3.05) is 19.8 Å². The summed E-state index contributed by atoms with van der Waals surface area (Å²) in [6.45, 7) is 3.33. The van der Waals surface area contributed by atoms with Gasteiger partial charge >= 0.3 is 0 Å². The van der Waals surface area contributed by atoms with Crippen molar-refractivity contribution in [3.63, 3.8) is 0 Å². The van der Waals surface area contributed by atoms with Gasteiger partial charge in [-0.15, -0.1) is 0 Å². The topological polar surface area (TPSA) is 67.8 Å². The normalized spacial score (nSPS) is 31.9. The highest BCUT2D eigenvalue weighted by Crippen LogP contribution is 2.31. The molecule has 5 heteroatoms. The van der Waals surface area contributed by atoms with Gasteiger partial charge in [0, 0.05) is 6.54 Å². The average Bonchev–Trinajstić information content (AvgIpc) is 2.41. The first kappa shape index (κ1) is 13.2. The van der Waals surface area contributed by atoms with E-state index in [0.29, 0.717) is 19.1 Å². The van der Waals surface area contributed by atoms with Crippen LogP contribution in [-0.2, 0) is 14.3 Å². The molecule has 102 valence electrons. The van der Waals surface area contributed by atoms with Gasteiger partial charge in [0.15, 0.2) is 0 Å². The first-order valence-corrected chi connectivity index (χ1v) is 6.54. The van der Waals surface area contributed by atoms with E-state index in [-0.39, 0.29) is 18.2 Å². The number of carbonyl (C=O) groups is 1. The van der Waals surface area contributed by atoms with Crippen molar-refractivity contribution in [3.05, 3.63) is 12.0 Å². The van der Waals surface area contributed by atoms with Crippen LogP contribution in [0.3, 0.4) is 0 Å². The third-order valence-corrected chi connectivity index (χ3v) is 3.66. The fourth-order valence-electron chi connectivity index (χ4n) is 2.30. The predicted molar refractivity (Wildman–Crippen MR) is 65.6 cm³/mol. The molecule has 0 atom stereocenters. The Labute approximate surface area is 107 Å². The Morgan fingerprint density at radius 3 is 2.83 bits per heavy atom. The van der Waals surface area contributed by atoms with Gasteiger partial charge in [-0.05, 0) is 31.6 Å². The first-order valence-electron chi connectivity index (χ1n) is 6.54. The van der Waals surface area contributed by atoms with Crippen LogP contribution in [0.15, 0.2) is 12.0 Å². The molecule has 0 radical (unpaired) electrons. The number of amides is 1. The van der Waals surface area contributed by atoms with E-state index in [1.807, 2.05) is 0 Å². The highest BCUT2D eigenvalue weighted by Gasteiger charge is 2.32. The standard InChI is InChI=1S/C13H21NO4/c1-10-2-4-13(16,5-3-10)9-14-12(15)11-8-17-6-7-18-11/h8,10,16H,2-7,9H2,1H3,(H,14,15). The van der Waals surface area contributed by atoms with Crippen molar-refractivity contribution in [2.24, 2.45) is 5.92 Å². The van der Waals surface area contributed by atoms with Gasteiger partial charge in [-0.25, -0.2) is 0 Å². The number of nitrogens with one attached hydrogen (secondary N) is 1. The van der Waals surface area contributed by atoms with Gasteiger partial charge in [0.05, 0.1) is 5.60 Å². The molecule has 5 nitrogen and oxygen atoms in total. The molecule has 0 aromatic rings. The molecule has 1 heterocycles. The number of aliphatic hydroxyl groups is 1. The van der Waals surface area contributed by atoms with Gasteiger partial charge in [-0.1, -0.05) is 6.92 Å². The van der Waals surface area contributed by atoms with Gasteiger partial charge in [-0.2, -0.15) is 0 Å². The third-order valence-electron chi connectivity index (χ3n) is 3.66. The lowest BCUT2D eigenvalue weighted by Crippen LogP contribution is -2.45. The highest BCUT2D eigenvalue weighted by atomic mass is 16.6. The molecule has 2 rings (SSSR count). The summed E-state index contributed by atoms with van der Waals surface area (Å²) in [6, 6.07) is 0. The molecular weight excluding hydrogens is 234 g/mol. The molecular formula is C13H21NO4. The lowest BCUT2D eigenvalue weighted by Gasteiger charge is -2.35. The van der Waals surface area contributed by atoms with Gasteiger partial charge in [-0.3, -0.25) is 4.79 Å². The van der Waals surface area contributed by atoms with Crippen molar-refractivity contribution in [3.8, 4) is 0 Å². The second kappa shape index (κ2) is 5.61. The fraction of sp³-hybridized carbons (Fsp3) is 0.769. The molecule has 2 aliphatic rings. The number of ether oxygens (including phenoxy) is 2. The molecule has 0 bridgehead atoms. The monoisotopic (exact) mass is 255 g/mol. The smallest absolute Gasteiger partial charge is 0.289 e.